The van der Waals surface area contributed by atoms with Crippen LogP contribution in [-0.2, 0) is 4.79 Å². The lowest BCUT2D eigenvalue weighted by Crippen LogP contribution is -2.48. The summed E-state index contributed by atoms with van der Waals surface area (Å²) in [6.07, 6.45) is 6.44. The number of hydrogen-bond donors (Lipinski definition) is 0. The predicted molar refractivity (Wildman–Crippen MR) is 101 cm³/mol. The standard InChI is InChI=1S/C20H21N5O4/c26-18-12-24(20(28)25(18)15-3-4-15)14-5-8-23(9-6-14)19(27)16-10-17(29-22-16)13-2-1-7-21-11-13/h1-2,7,10-11,14-15H,3-6,8-9,12H2. The Morgan fingerprint density at radius 2 is 1.90 bits per heavy atom. The van der Waals surface area contributed by atoms with Gasteiger partial charge in [0.05, 0.1) is 0 Å². The van der Waals surface area contributed by atoms with Gasteiger partial charge in [-0.25, -0.2) is 4.79 Å². The van der Waals surface area contributed by atoms with E-state index in [1.807, 2.05) is 6.07 Å². The van der Waals surface area contributed by atoms with Crippen molar-refractivity contribution in [1.82, 2.24) is 24.8 Å². The number of pyridine rings is 1. The maximum absolute atomic E-state index is 12.8. The van der Waals surface area contributed by atoms with Gasteiger partial charge in [-0.05, 0) is 37.8 Å². The van der Waals surface area contributed by atoms with Crippen LogP contribution < -0.4 is 0 Å². The van der Waals surface area contributed by atoms with Crippen LogP contribution in [0.15, 0.2) is 35.1 Å². The minimum atomic E-state index is -0.189. The van der Waals surface area contributed by atoms with Gasteiger partial charge in [0.2, 0.25) is 0 Å². The van der Waals surface area contributed by atoms with Gasteiger partial charge in [-0.2, -0.15) is 0 Å². The molecule has 3 aliphatic rings. The summed E-state index contributed by atoms with van der Waals surface area (Å²) >= 11 is 0. The largest absolute Gasteiger partial charge is 0.355 e. The van der Waals surface area contributed by atoms with E-state index in [2.05, 4.69) is 10.1 Å². The van der Waals surface area contributed by atoms with E-state index in [9.17, 15) is 14.4 Å². The molecule has 150 valence electrons. The second-order valence-electron chi connectivity index (χ2n) is 7.75. The van der Waals surface area contributed by atoms with E-state index in [1.54, 1.807) is 34.3 Å². The number of rotatable bonds is 4. The highest BCUT2D eigenvalue weighted by Gasteiger charge is 2.47. The molecule has 9 nitrogen and oxygen atoms in total. The summed E-state index contributed by atoms with van der Waals surface area (Å²) in [6.45, 7) is 1.19. The maximum Gasteiger partial charge on any atom is 0.327 e. The molecule has 29 heavy (non-hydrogen) atoms. The van der Waals surface area contributed by atoms with Crippen molar-refractivity contribution >= 4 is 17.8 Å². The fourth-order valence-electron chi connectivity index (χ4n) is 4.08. The van der Waals surface area contributed by atoms with E-state index in [4.69, 9.17) is 4.52 Å². The monoisotopic (exact) mass is 395 g/mol. The van der Waals surface area contributed by atoms with E-state index in [0.29, 0.717) is 31.7 Å². The van der Waals surface area contributed by atoms with Crippen molar-refractivity contribution in [2.45, 2.75) is 37.8 Å². The third-order valence-corrected chi connectivity index (χ3v) is 5.81. The first-order valence-electron chi connectivity index (χ1n) is 9.91. The predicted octanol–water partition coefficient (Wildman–Crippen LogP) is 1.77. The number of likely N-dealkylation sites (tertiary alicyclic amines) is 1. The number of imide groups is 1. The fraction of sp³-hybridized carbons (Fsp3) is 0.450. The molecule has 2 aliphatic heterocycles. The zero-order chi connectivity index (χ0) is 20.0. The Kier molecular flexibility index (Phi) is 4.30. The molecule has 1 aliphatic carbocycles. The van der Waals surface area contributed by atoms with Crippen LogP contribution in [0.5, 0.6) is 0 Å². The molecule has 2 aromatic rings. The summed E-state index contributed by atoms with van der Waals surface area (Å²) in [5.41, 5.74) is 1.02. The zero-order valence-corrected chi connectivity index (χ0v) is 15.9. The molecule has 5 rings (SSSR count). The summed E-state index contributed by atoms with van der Waals surface area (Å²) in [4.78, 5) is 46.4. The Labute approximate surface area is 167 Å². The lowest BCUT2D eigenvalue weighted by atomic mass is 10.0. The molecular formula is C20H21N5O4. The van der Waals surface area contributed by atoms with Crippen LogP contribution in [-0.4, -0.2) is 74.4 Å². The SMILES string of the molecule is O=C(c1cc(-c2cccnc2)on1)N1CCC(N2CC(=O)N(C3CC3)C2=O)CC1. The highest BCUT2D eigenvalue weighted by atomic mass is 16.5. The lowest BCUT2D eigenvalue weighted by molar-refractivity contribution is -0.125. The normalized spacial score (nSPS) is 20.6. The van der Waals surface area contributed by atoms with Gasteiger partial charge in [-0.1, -0.05) is 5.16 Å². The molecule has 4 amide bonds. The summed E-state index contributed by atoms with van der Waals surface area (Å²) < 4.78 is 5.30. The average Bonchev–Trinajstić information content (AvgIpc) is 3.37. The number of amides is 4. The molecule has 0 N–H and O–H groups in total. The first-order valence-corrected chi connectivity index (χ1v) is 9.91. The summed E-state index contributed by atoms with van der Waals surface area (Å²) in [7, 11) is 0. The Morgan fingerprint density at radius 1 is 1.10 bits per heavy atom. The van der Waals surface area contributed by atoms with Gasteiger partial charge in [0.25, 0.3) is 11.8 Å². The van der Waals surface area contributed by atoms with Crippen molar-refractivity contribution in [1.29, 1.82) is 0 Å². The molecule has 2 aromatic heterocycles. The average molecular weight is 395 g/mol. The van der Waals surface area contributed by atoms with Crippen LogP contribution in [0.2, 0.25) is 0 Å². The van der Waals surface area contributed by atoms with E-state index >= 15 is 0 Å². The Bertz CT molecular complexity index is 947. The lowest BCUT2D eigenvalue weighted by Gasteiger charge is -2.35. The molecule has 0 atom stereocenters. The second kappa shape index (κ2) is 6.98. The highest BCUT2D eigenvalue weighted by Crippen LogP contribution is 2.32. The van der Waals surface area contributed by atoms with Gasteiger partial charge in [0.15, 0.2) is 11.5 Å². The quantitative estimate of drug-likeness (QED) is 0.732. The van der Waals surface area contributed by atoms with Crippen LogP contribution in [0.3, 0.4) is 0 Å². The molecule has 0 aromatic carbocycles. The Balaban J connectivity index is 1.21. The fourth-order valence-corrected chi connectivity index (χ4v) is 4.08. The summed E-state index contributed by atoms with van der Waals surface area (Å²) in [5, 5.41) is 3.91. The molecule has 0 radical (unpaired) electrons. The number of carbonyl (C=O) groups is 3. The van der Waals surface area contributed by atoms with Crippen LogP contribution in [0, 0.1) is 0 Å². The number of urea groups is 1. The highest BCUT2D eigenvalue weighted by molar-refractivity contribution is 6.02. The van der Waals surface area contributed by atoms with Gasteiger partial charge in [0.1, 0.15) is 6.54 Å². The summed E-state index contributed by atoms with van der Waals surface area (Å²) in [5.74, 6) is 0.213. The Hall–Kier alpha value is -3.23. The molecule has 1 saturated carbocycles. The second-order valence-corrected chi connectivity index (χ2v) is 7.75. The van der Waals surface area contributed by atoms with E-state index in [0.717, 1.165) is 18.4 Å². The van der Waals surface area contributed by atoms with Crippen molar-refractivity contribution in [3.63, 3.8) is 0 Å². The summed E-state index contributed by atoms with van der Waals surface area (Å²) in [6, 6.07) is 5.18. The zero-order valence-electron chi connectivity index (χ0n) is 15.9. The van der Waals surface area contributed by atoms with Crippen LogP contribution >= 0.6 is 0 Å². The van der Waals surface area contributed by atoms with Gasteiger partial charge >= 0.3 is 6.03 Å². The van der Waals surface area contributed by atoms with E-state index in [-0.39, 0.29) is 42.2 Å². The topological polar surface area (TPSA) is 99.8 Å². The van der Waals surface area contributed by atoms with Crippen LogP contribution in [0.1, 0.15) is 36.2 Å². The van der Waals surface area contributed by atoms with E-state index < -0.39 is 0 Å². The van der Waals surface area contributed by atoms with Crippen molar-refractivity contribution in [3.05, 3.63) is 36.3 Å². The van der Waals surface area contributed by atoms with Gasteiger partial charge in [-0.15, -0.1) is 0 Å². The molecule has 4 heterocycles. The molecule has 3 fully saturated rings. The minimum absolute atomic E-state index is 0.0116. The van der Waals surface area contributed by atoms with E-state index in [1.165, 1.54) is 4.90 Å². The number of piperidine rings is 1. The molecule has 2 saturated heterocycles. The molecule has 9 heteroatoms. The molecule has 0 unspecified atom stereocenters. The van der Waals surface area contributed by atoms with Crippen molar-refractivity contribution in [2.75, 3.05) is 19.6 Å². The van der Waals surface area contributed by atoms with Crippen molar-refractivity contribution in [2.24, 2.45) is 0 Å². The third-order valence-electron chi connectivity index (χ3n) is 5.81. The van der Waals surface area contributed by atoms with Crippen molar-refractivity contribution < 1.29 is 18.9 Å². The van der Waals surface area contributed by atoms with Crippen molar-refractivity contribution in [3.8, 4) is 11.3 Å². The number of nitrogens with zero attached hydrogens (tertiary/aromatic N) is 5. The van der Waals surface area contributed by atoms with Gasteiger partial charge in [0, 0.05) is 49.2 Å². The maximum atomic E-state index is 12.8. The van der Waals surface area contributed by atoms with Gasteiger partial charge < -0.3 is 14.3 Å². The number of carbonyl (C=O) groups excluding carboxylic acids is 3. The molecular weight excluding hydrogens is 374 g/mol. The molecule has 0 bridgehead atoms. The number of hydrogen-bond acceptors (Lipinski definition) is 6. The smallest absolute Gasteiger partial charge is 0.327 e. The molecule has 0 spiro atoms. The van der Waals surface area contributed by atoms with Gasteiger partial charge in [-0.3, -0.25) is 19.5 Å². The van der Waals surface area contributed by atoms with Crippen LogP contribution in [0.25, 0.3) is 11.3 Å². The number of aromatic nitrogens is 2. The first-order chi connectivity index (χ1) is 14.1. The third kappa shape index (κ3) is 3.26. The Morgan fingerprint density at radius 3 is 2.59 bits per heavy atom. The van der Waals surface area contributed by atoms with Crippen LogP contribution in [0.4, 0.5) is 4.79 Å². The first kappa shape index (κ1) is 17.8. The minimum Gasteiger partial charge on any atom is -0.355 e.